The molecular formula is C26H18BrCl2NO6S. The first-order valence-electron chi connectivity index (χ1n) is 10.6. The third-order valence-electron chi connectivity index (χ3n) is 5.29. The highest BCUT2D eigenvalue weighted by atomic mass is 79.9. The second-order valence-corrected chi connectivity index (χ2v) is 10.3. The van der Waals surface area contributed by atoms with Crippen LogP contribution in [0.15, 0.2) is 64.0 Å². The van der Waals surface area contributed by atoms with Gasteiger partial charge in [0.25, 0.3) is 11.1 Å². The van der Waals surface area contributed by atoms with E-state index in [1.165, 1.54) is 14.2 Å². The molecule has 0 spiro atoms. The molecule has 0 bridgehead atoms. The third-order valence-corrected chi connectivity index (χ3v) is 7.37. The summed E-state index contributed by atoms with van der Waals surface area (Å²) in [7, 11) is 2.96. The summed E-state index contributed by atoms with van der Waals surface area (Å²) in [6, 6.07) is 14.6. The highest BCUT2D eigenvalue weighted by Crippen LogP contribution is 2.40. The summed E-state index contributed by atoms with van der Waals surface area (Å²) in [5.41, 5.74) is 1.48. The number of thioether (sulfide) groups is 1. The maximum atomic E-state index is 13.0. The third kappa shape index (κ3) is 6.13. The number of halogens is 3. The van der Waals surface area contributed by atoms with Crippen molar-refractivity contribution in [1.29, 1.82) is 0 Å². The van der Waals surface area contributed by atoms with E-state index < -0.39 is 17.1 Å². The molecule has 1 saturated heterocycles. The van der Waals surface area contributed by atoms with Crippen LogP contribution in [0.3, 0.4) is 0 Å². The van der Waals surface area contributed by atoms with Gasteiger partial charge in [0.05, 0.1) is 35.7 Å². The summed E-state index contributed by atoms with van der Waals surface area (Å²) < 4.78 is 16.5. The number of ether oxygens (including phenoxy) is 3. The molecule has 1 heterocycles. The lowest BCUT2D eigenvalue weighted by Gasteiger charge is -2.14. The van der Waals surface area contributed by atoms with Crippen LogP contribution in [0.5, 0.6) is 17.2 Å². The Kier molecular flexibility index (Phi) is 8.49. The number of imide groups is 1. The van der Waals surface area contributed by atoms with Gasteiger partial charge in [-0.3, -0.25) is 14.5 Å². The zero-order valence-corrected chi connectivity index (χ0v) is 23.3. The van der Waals surface area contributed by atoms with Gasteiger partial charge in [-0.25, -0.2) is 4.79 Å². The number of nitrogens with zero attached hydrogens (tertiary/aromatic N) is 1. The topological polar surface area (TPSA) is 82.1 Å². The van der Waals surface area contributed by atoms with Crippen LogP contribution >= 0.6 is 50.9 Å². The molecule has 0 radical (unpaired) electrons. The Morgan fingerprint density at radius 3 is 2.41 bits per heavy atom. The van der Waals surface area contributed by atoms with Crippen molar-refractivity contribution in [3.8, 4) is 17.2 Å². The van der Waals surface area contributed by atoms with Crippen molar-refractivity contribution in [2.45, 2.75) is 6.54 Å². The average Bonchev–Trinajstić information content (AvgIpc) is 3.14. The first-order valence-corrected chi connectivity index (χ1v) is 13.0. The second kappa shape index (κ2) is 11.6. The summed E-state index contributed by atoms with van der Waals surface area (Å²) in [5, 5.41) is 0.405. The molecule has 7 nitrogen and oxygen atoms in total. The number of rotatable bonds is 7. The molecule has 0 unspecified atom stereocenters. The van der Waals surface area contributed by atoms with Crippen molar-refractivity contribution in [3.63, 3.8) is 0 Å². The van der Waals surface area contributed by atoms with E-state index in [4.69, 9.17) is 37.4 Å². The minimum atomic E-state index is -0.587. The molecule has 0 atom stereocenters. The maximum absolute atomic E-state index is 13.0. The van der Waals surface area contributed by atoms with E-state index >= 15 is 0 Å². The fourth-order valence-electron chi connectivity index (χ4n) is 3.41. The molecule has 11 heteroatoms. The van der Waals surface area contributed by atoms with Crippen molar-refractivity contribution in [1.82, 2.24) is 4.90 Å². The Balaban J connectivity index is 1.55. The quantitative estimate of drug-likeness (QED) is 0.156. The Bertz CT molecular complexity index is 1430. The number of esters is 1. The van der Waals surface area contributed by atoms with Crippen molar-refractivity contribution < 1.29 is 28.6 Å². The van der Waals surface area contributed by atoms with Gasteiger partial charge < -0.3 is 14.2 Å². The van der Waals surface area contributed by atoms with E-state index in [0.29, 0.717) is 37.0 Å². The van der Waals surface area contributed by atoms with Gasteiger partial charge in [0.2, 0.25) is 0 Å². The van der Waals surface area contributed by atoms with Crippen molar-refractivity contribution in [2.75, 3.05) is 14.2 Å². The van der Waals surface area contributed by atoms with Gasteiger partial charge in [0.1, 0.15) is 5.75 Å². The first kappa shape index (κ1) is 27.1. The maximum Gasteiger partial charge on any atom is 0.343 e. The minimum Gasteiger partial charge on any atom is -0.497 e. The van der Waals surface area contributed by atoms with Crippen LogP contribution in [0, 0.1) is 0 Å². The van der Waals surface area contributed by atoms with Gasteiger partial charge in [0.15, 0.2) is 11.5 Å². The number of benzene rings is 3. The largest absolute Gasteiger partial charge is 0.497 e. The van der Waals surface area contributed by atoms with Gasteiger partial charge in [0, 0.05) is 10.0 Å². The molecule has 37 heavy (non-hydrogen) atoms. The van der Waals surface area contributed by atoms with Crippen molar-refractivity contribution in [3.05, 3.63) is 90.7 Å². The zero-order valence-electron chi connectivity index (χ0n) is 19.4. The average molecular weight is 623 g/mol. The van der Waals surface area contributed by atoms with Crippen LogP contribution in [0.1, 0.15) is 21.5 Å². The molecule has 1 aliphatic rings. The van der Waals surface area contributed by atoms with E-state index in [0.717, 1.165) is 16.7 Å². The van der Waals surface area contributed by atoms with Crippen LogP contribution < -0.4 is 14.2 Å². The summed E-state index contributed by atoms with van der Waals surface area (Å²) >= 11 is 16.4. The lowest BCUT2D eigenvalue weighted by atomic mass is 10.1. The van der Waals surface area contributed by atoms with E-state index in [1.807, 2.05) is 0 Å². The van der Waals surface area contributed by atoms with Crippen molar-refractivity contribution >= 4 is 74.1 Å². The highest BCUT2D eigenvalue weighted by Gasteiger charge is 2.35. The van der Waals surface area contributed by atoms with Crippen LogP contribution in [0.25, 0.3) is 6.08 Å². The second-order valence-electron chi connectivity index (χ2n) is 7.66. The summed E-state index contributed by atoms with van der Waals surface area (Å²) in [4.78, 5) is 39.5. The number of amides is 2. The van der Waals surface area contributed by atoms with Crippen LogP contribution in [0.4, 0.5) is 4.79 Å². The first-order chi connectivity index (χ1) is 17.7. The molecule has 190 valence electrons. The van der Waals surface area contributed by atoms with Gasteiger partial charge >= 0.3 is 5.97 Å². The number of hydrogen-bond donors (Lipinski definition) is 0. The molecule has 0 aromatic heterocycles. The van der Waals surface area contributed by atoms with E-state index in [2.05, 4.69) is 15.9 Å². The van der Waals surface area contributed by atoms with E-state index in [1.54, 1.807) is 60.7 Å². The number of carbonyl (C=O) groups excluding carboxylic acids is 3. The number of carbonyl (C=O) groups is 3. The highest BCUT2D eigenvalue weighted by molar-refractivity contribution is 9.10. The standard InChI is InChI=1S/C26H18BrCl2NO6S/c1-34-18-7-4-15(5-8-18)25(32)36-23-19(27)9-14(10-21(23)35-2)11-22-24(31)30(26(33)37-22)13-16-3-6-17(28)12-20(16)29/h3-12H,13H2,1-2H3/b22-11-. The Morgan fingerprint density at radius 1 is 1.03 bits per heavy atom. The van der Waals surface area contributed by atoms with Crippen LogP contribution in [0.2, 0.25) is 10.0 Å². The van der Waals surface area contributed by atoms with Crippen LogP contribution in [-0.4, -0.2) is 36.2 Å². The van der Waals surface area contributed by atoms with Crippen molar-refractivity contribution in [2.24, 2.45) is 0 Å². The molecule has 4 rings (SSSR count). The predicted molar refractivity (Wildman–Crippen MR) is 147 cm³/mol. The summed E-state index contributed by atoms with van der Waals surface area (Å²) in [5.74, 6) is 0.00320. The van der Waals surface area contributed by atoms with Crippen LogP contribution in [-0.2, 0) is 11.3 Å². The molecule has 0 N–H and O–H groups in total. The summed E-state index contributed by atoms with van der Waals surface area (Å²) in [6.07, 6.45) is 1.57. The normalized spacial score (nSPS) is 14.3. The lowest BCUT2D eigenvalue weighted by Crippen LogP contribution is -2.27. The molecule has 1 fully saturated rings. The molecule has 1 aliphatic heterocycles. The molecular weight excluding hydrogens is 605 g/mol. The fraction of sp³-hybridized carbons (Fsp3) is 0.115. The van der Waals surface area contributed by atoms with E-state index in [-0.39, 0.29) is 22.9 Å². The number of methoxy groups -OCH3 is 2. The monoisotopic (exact) mass is 621 g/mol. The molecule has 2 amide bonds. The smallest absolute Gasteiger partial charge is 0.343 e. The van der Waals surface area contributed by atoms with Gasteiger partial charge in [-0.1, -0.05) is 29.3 Å². The Morgan fingerprint density at radius 2 is 1.76 bits per heavy atom. The van der Waals surface area contributed by atoms with E-state index in [9.17, 15) is 14.4 Å². The Labute approximate surface area is 235 Å². The Hall–Kier alpha value is -2.98. The van der Waals surface area contributed by atoms with Gasteiger partial charge in [-0.15, -0.1) is 0 Å². The fourth-order valence-corrected chi connectivity index (χ4v) is 5.26. The number of hydrogen-bond acceptors (Lipinski definition) is 7. The molecule has 0 aliphatic carbocycles. The molecule has 3 aromatic rings. The van der Waals surface area contributed by atoms with Gasteiger partial charge in [-0.05, 0) is 93.4 Å². The zero-order chi connectivity index (χ0) is 26.7. The lowest BCUT2D eigenvalue weighted by molar-refractivity contribution is -0.123. The molecule has 0 saturated carbocycles. The SMILES string of the molecule is COc1ccc(C(=O)Oc2c(Br)cc(/C=C3\SC(=O)N(Cc4ccc(Cl)cc4Cl)C3=O)cc2OC)cc1. The molecule has 3 aromatic carbocycles. The minimum absolute atomic E-state index is 0.0191. The predicted octanol–water partition coefficient (Wildman–Crippen LogP) is 7.23. The van der Waals surface area contributed by atoms with Gasteiger partial charge in [-0.2, -0.15) is 0 Å². The summed E-state index contributed by atoms with van der Waals surface area (Å²) in [6.45, 7) is 0.0191.